The number of aromatic nitrogens is 5. The van der Waals surface area contributed by atoms with Crippen LogP contribution in [0.4, 0.5) is 14.6 Å². The van der Waals surface area contributed by atoms with Crippen LogP contribution >= 0.6 is 0 Å². The van der Waals surface area contributed by atoms with E-state index >= 15 is 0 Å². The molecule has 9 heteroatoms. The van der Waals surface area contributed by atoms with Crippen LogP contribution in [-0.4, -0.2) is 50.6 Å². The van der Waals surface area contributed by atoms with Crippen LogP contribution in [0.3, 0.4) is 0 Å². The van der Waals surface area contributed by atoms with E-state index in [4.69, 9.17) is 4.74 Å². The highest BCUT2D eigenvalue weighted by Gasteiger charge is 2.17. The molecule has 1 aliphatic rings. The van der Waals surface area contributed by atoms with Gasteiger partial charge in [0, 0.05) is 25.5 Å². The van der Waals surface area contributed by atoms with Crippen molar-refractivity contribution < 1.29 is 13.5 Å². The third kappa shape index (κ3) is 2.67. The predicted molar refractivity (Wildman–Crippen MR) is 82.0 cm³/mol. The van der Waals surface area contributed by atoms with Gasteiger partial charge in [0.2, 0.25) is 0 Å². The van der Waals surface area contributed by atoms with Crippen LogP contribution in [0.2, 0.25) is 0 Å². The SMILES string of the molecule is FC(F)c1cn2c(-c3nccc(N4CCOCC4)n3)cnc2cn1. The molecule has 7 nitrogen and oxygen atoms in total. The van der Waals surface area contributed by atoms with Gasteiger partial charge >= 0.3 is 0 Å². The molecule has 0 unspecified atom stereocenters. The summed E-state index contributed by atoms with van der Waals surface area (Å²) in [5.41, 5.74) is 0.699. The zero-order chi connectivity index (χ0) is 16.5. The molecule has 3 aromatic rings. The molecule has 1 fully saturated rings. The summed E-state index contributed by atoms with van der Waals surface area (Å²) in [4.78, 5) is 18.8. The fourth-order valence-corrected chi connectivity index (χ4v) is 2.62. The summed E-state index contributed by atoms with van der Waals surface area (Å²) in [6, 6.07) is 1.82. The molecule has 0 radical (unpaired) electrons. The molecule has 24 heavy (non-hydrogen) atoms. The van der Waals surface area contributed by atoms with Gasteiger partial charge in [0.1, 0.15) is 17.2 Å². The molecule has 0 atom stereocenters. The second-order valence-corrected chi connectivity index (χ2v) is 5.32. The Morgan fingerprint density at radius 2 is 1.92 bits per heavy atom. The molecule has 0 aliphatic carbocycles. The van der Waals surface area contributed by atoms with Gasteiger partial charge in [-0.05, 0) is 6.07 Å². The van der Waals surface area contributed by atoms with Gasteiger partial charge in [-0.2, -0.15) is 0 Å². The Kier molecular flexibility index (Phi) is 3.77. The summed E-state index contributed by atoms with van der Waals surface area (Å²) in [5.74, 6) is 1.21. The number of imidazole rings is 1. The Balaban J connectivity index is 1.75. The zero-order valence-electron chi connectivity index (χ0n) is 12.6. The maximum absolute atomic E-state index is 12.9. The van der Waals surface area contributed by atoms with Crippen molar-refractivity contribution in [1.82, 2.24) is 24.3 Å². The van der Waals surface area contributed by atoms with Crippen molar-refractivity contribution in [3.63, 3.8) is 0 Å². The first-order valence-corrected chi connectivity index (χ1v) is 7.49. The average Bonchev–Trinajstić information content (AvgIpc) is 3.05. The summed E-state index contributed by atoms with van der Waals surface area (Å²) in [5, 5.41) is 0. The van der Waals surface area contributed by atoms with Crippen LogP contribution in [-0.2, 0) is 4.74 Å². The predicted octanol–water partition coefficient (Wildman–Crippen LogP) is 1.96. The molecule has 1 aliphatic heterocycles. The summed E-state index contributed by atoms with van der Waals surface area (Å²) in [6.45, 7) is 2.81. The monoisotopic (exact) mass is 332 g/mol. The normalized spacial score (nSPS) is 15.4. The Bertz CT molecular complexity index is 862. The fraction of sp³-hybridized carbons (Fsp3) is 0.333. The van der Waals surface area contributed by atoms with E-state index in [0.29, 0.717) is 30.4 Å². The first-order chi connectivity index (χ1) is 11.7. The van der Waals surface area contributed by atoms with Crippen molar-refractivity contribution >= 4 is 11.5 Å². The third-order valence-corrected chi connectivity index (χ3v) is 3.84. The molecule has 0 amide bonds. The van der Waals surface area contributed by atoms with Gasteiger partial charge < -0.3 is 9.64 Å². The Morgan fingerprint density at radius 1 is 1.08 bits per heavy atom. The minimum absolute atomic E-state index is 0.314. The smallest absolute Gasteiger partial charge is 0.281 e. The summed E-state index contributed by atoms with van der Waals surface area (Å²) < 4.78 is 32.7. The standard InChI is InChI=1S/C15H14F2N6O/c16-14(17)10-9-23-11(7-20-13(23)8-19-10)15-18-2-1-12(21-15)22-3-5-24-6-4-22/h1-2,7-9,14H,3-6H2. The topological polar surface area (TPSA) is 68.4 Å². The molecular weight excluding hydrogens is 318 g/mol. The number of alkyl halides is 2. The largest absolute Gasteiger partial charge is 0.378 e. The molecule has 0 spiro atoms. The van der Waals surface area contributed by atoms with Crippen molar-refractivity contribution in [2.75, 3.05) is 31.2 Å². The van der Waals surface area contributed by atoms with E-state index in [1.54, 1.807) is 12.4 Å². The Hall–Kier alpha value is -2.68. The van der Waals surface area contributed by atoms with Crippen molar-refractivity contribution in [2.24, 2.45) is 0 Å². The minimum atomic E-state index is -2.65. The lowest BCUT2D eigenvalue weighted by molar-refractivity contribution is 0.122. The van der Waals surface area contributed by atoms with E-state index in [-0.39, 0.29) is 5.69 Å². The highest BCUT2D eigenvalue weighted by Crippen LogP contribution is 2.22. The number of hydrogen-bond acceptors (Lipinski definition) is 6. The summed E-state index contributed by atoms with van der Waals surface area (Å²) in [7, 11) is 0. The molecule has 0 N–H and O–H groups in total. The number of anilines is 1. The molecule has 0 aromatic carbocycles. The van der Waals surface area contributed by atoms with Gasteiger partial charge in [-0.3, -0.25) is 4.40 Å². The molecule has 0 saturated carbocycles. The Labute approximate surface area is 136 Å². The van der Waals surface area contributed by atoms with Crippen molar-refractivity contribution in [3.8, 4) is 11.5 Å². The minimum Gasteiger partial charge on any atom is -0.378 e. The number of nitrogens with zero attached hydrogens (tertiary/aromatic N) is 6. The van der Waals surface area contributed by atoms with E-state index < -0.39 is 6.43 Å². The number of ether oxygens (including phenoxy) is 1. The summed E-state index contributed by atoms with van der Waals surface area (Å²) >= 11 is 0. The molecule has 1 saturated heterocycles. The quantitative estimate of drug-likeness (QED) is 0.730. The number of hydrogen-bond donors (Lipinski definition) is 0. The first-order valence-electron chi connectivity index (χ1n) is 7.49. The lowest BCUT2D eigenvalue weighted by Gasteiger charge is -2.27. The molecule has 0 bridgehead atoms. The molecule has 124 valence electrons. The van der Waals surface area contributed by atoms with Gasteiger partial charge in [0.25, 0.3) is 6.43 Å². The first kappa shape index (κ1) is 14.9. The third-order valence-electron chi connectivity index (χ3n) is 3.84. The van der Waals surface area contributed by atoms with Crippen LogP contribution in [0.25, 0.3) is 17.2 Å². The zero-order valence-corrected chi connectivity index (χ0v) is 12.6. The fourth-order valence-electron chi connectivity index (χ4n) is 2.62. The van der Waals surface area contributed by atoms with Gasteiger partial charge in [0.15, 0.2) is 11.5 Å². The van der Waals surface area contributed by atoms with Crippen molar-refractivity contribution in [2.45, 2.75) is 6.43 Å². The maximum Gasteiger partial charge on any atom is 0.281 e. The van der Waals surface area contributed by atoms with E-state index in [9.17, 15) is 8.78 Å². The van der Waals surface area contributed by atoms with E-state index in [1.807, 2.05) is 6.07 Å². The summed E-state index contributed by atoms with van der Waals surface area (Å²) in [6.07, 6.45) is 3.15. The van der Waals surface area contributed by atoms with Crippen LogP contribution in [0.15, 0.2) is 30.9 Å². The molecule has 3 aromatic heterocycles. The number of rotatable bonds is 3. The lowest BCUT2D eigenvalue weighted by Crippen LogP contribution is -2.36. The second kappa shape index (κ2) is 6.08. The van der Waals surface area contributed by atoms with Crippen LogP contribution in [0, 0.1) is 0 Å². The highest BCUT2D eigenvalue weighted by atomic mass is 19.3. The Morgan fingerprint density at radius 3 is 2.71 bits per heavy atom. The van der Waals surface area contributed by atoms with E-state index in [0.717, 1.165) is 18.9 Å². The van der Waals surface area contributed by atoms with Crippen molar-refractivity contribution in [1.29, 1.82) is 0 Å². The maximum atomic E-state index is 12.9. The lowest BCUT2D eigenvalue weighted by atomic mass is 10.3. The van der Waals surface area contributed by atoms with Gasteiger partial charge in [-0.1, -0.05) is 0 Å². The average molecular weight is 332 g/mol. The molecule has 4 heterocycles. The van der Waals surface area contributed by atoms with E-state index in [2.05, 4.69) is 24.8 Å². The van der Waals surface area contributed by atoms with Crippen LogP contribution in [0.1, 0.15) is 12.1 Å². The van der Waals surface area contributed by atoms with Crippen molar-refractivity contribution in [3.05, 3.63) is 36.5 Å². The van der Waals surface area contributed by atoms with Gasteiger partial charge in [-0.25, -0.2) is 28.7 Å². The number of halogens is 2. The van der Waals surface area contributed by atoms with Crippen LogP contribution in [0.5, 0.6) is 0 Å². The second-order valence-electron chi connectivity index (χ2n) is 5.32. The van der Waals surface area contributed by atoms with E-state index in [1.165, 1.54) is 16.8 Å². The molecular formula is C15H14F2N6O. The van der Waals surface area contributed by atoms with Crippen LogP contribution < -0.4 is 4.90 Å². The molecule has 4 rings (SSSR count). The van der Waals surface area contributed by atoms with Gasteiger partial charge in [0.05, 0.1) is 25.6 Å². The van der Waals surface area contributed by atoms with Gasteiger partial charge in [-0.15, -0.1) is 0 Å². The number of fused-ring (bicyclic) bond motifs is 1. The number of morpholine rings is 1. The highest BCUT2D eigenvalue weighted by molar-refractivity contribution is 5.58.